The summed E-state index contributed by atoms with van der Waals surface area (Å²) in [6.07, 6.45) is 7.24. The molecule has 1 aliphatic heterocycles. The number of carbonyl (C=O) groups excluding carboxylic acids is 1. The Hall–Kier alpha value is -3.67. The lowest BCUT2D eigenvalue weighted by atomic mass is 9.86. The molecule has 1 fully saturated rings. The maximum Gasteiger partial charge on any atom is 0.225 e. The van der Waals surface area contributed by atoms with Gasteiger partial charge in [0.2, 0.25) is 5.95 Å². The third-order valence-corrected chi connectivity index (χ3v) is 6.41. The highest BCUT2D eigenvalue weighted by Gasteiger charge is 2.27. The topological polar surface area (TPSA) is 58.6 Å². The number of piperazine rings is 1. The molecule has 1 saturated heterocycles. The molecule has 1 atom stereocenters. The first-order valence-electron chi connectivity index (χ1n) is 11.5. The molecular weight excluding hydrogens is 412 g/mol. The Labute approximate surface area is 194 Å². The van der Waals surface area contributed by atoms with Crippen molar-refractivity contribution >= 4 is 23.5 Å². The second-order valence-electron chi connectivity index (χ2n) is 8.54. The van der Waals surface area contributed by atoms with E-state index in [0.29, 0.717) is 17.9 Å². The van der Waals surface area contributed by atoms with Crippen molar-refractivity contribution in [2.75, 3.05) is 43.1 Å². The van der Waals surface area contributed by atoms with Crippen LogP contribution < -0.4 is 14.5 Å². The first kappa shape index (κ1) is 21.2. The molecule has 0 spiro atoms. The molecule has 0 unspecified atom stereocenters. The van der Waals surface area contributed by atoms with Gasteiger partial charge < -0.3 is 14.5 Å². The Bertz CT molecular complexity index is 1150. The minimum atomic E-state index is 0.131. The van der Waals surface area contributed by atoms with Gasteiger partial charge in [-0.05, 0) is 30.0 Å². The molecule has 2 aliphatic rings. The molecule has 6 heteroatoms. The van der Waals surface area contributed by atoms with Gasteiger partial charge in [0.1, 0.15) is 5.75 Å². The number of benzene rings is 2. The Morgan fingerprint density at radius 2 is 1.67 bits per heavy atom. The van der Waals surface area contributed by atoms with Crippen LogP contribution in [0.4, 0.5) is 11.6 Å². The molecule has 0 bridgehead atoms. The molecule has 3 aromatic rings. The molecule has 0 amide bonds. The minimum absolute atomic E-state index is 0.131. The molecule has 0 N–H and O–H groups in total. The summed E-state index contributed by atoms with van der Waals surface area (Å²) in [6.45, 7) is 3.37. The lowest BCUT2D eigenvalue weighted by Crippen LogP contribution is -2.47. The summed E-state index contributed by atoms with van der Waals surface area (Å²) in [5.41, 5.74) is 3.80. The summed E-state index contributed by atoms with van der Waals surface area (Å²) in [6, 6.07) is 18.3. The number of ketones is 1. The number of hydrogen-bond donors (Lipinski definition) is 0. The number of hydrogen-bond acceptors (Lipinski definition) is 6. The van der Waals surface area contributed by atoms with Crippen LogP contribution in [-0.4, -0.2) is 49.0 Å². The molecule has 1 aromatic heterocycles. The van der Waals surface area contributed by atoms with E-state index in [1.807, 2.05) is 36.4 Å². The number of Topliss-reactive ketones (excluding diaryl/α,β-unsaturated/α-hetero) is 1. The van der Waals surface area contributed by atoms with Crippen molar-refractivity contribution < 1.29 is 9.53 Å². The lowest BCUT2D eigenvalue weighted by molar-refractivity contribution is 0.0957. The highest BCUT2D eigenvalue weighted by atomic mass is 16.5. The predicted molar refractivity (Wildman–Crippen MR) is 131 cm³/mol. The molecule has 2 heterocycles. The average Bonchev–Trinajstić information content (AvgIpc) is 2.88. The van der Waals surface area contributed by atoms with Crippen molar-refractivity contribution in [2.45, 2.75) is 12.8 Å². The van der Waals surface area contributed by atoms with Crippen LogP contribution in [0, 0.1) is 5.92 Å². The van der Waals surface area contributed by atoms with E-state index in [1.165, 1.54) is 0 Å². The molecule has 6 nitrogen and oxygen atoms in total. The Morgan fingerprint density at radius 1 is 0.939 bits per heavy atom. The van der Waals surface area contributed by atoms with Gasteiger partial charge in [0.05, 0.1) is 24.1 Å². The van der Waals surface area contributed by atoms with E-state index in [-0.39, 0.29) is 11.7 Å². The quantitative estimate of drug-likeness (QED) is 0.591. The second kappa shape index (κ2) is 9.45. The number of nitrogens with zero attached hydrogens (tertiary/aromatic N) is 4. The summed E-state index contributed by atoms with van der Waals surface area (Å²) in [7, 11) is 1.71. The summed E-state index contributed by atoms with van der Waals surface area (Å²) in [5.74, 6) is 1.90. The van der Waals surface area contributed by atoms with Crippen LogP contribution in [0.2, 0.25) is 0 Å². The number of methoxy groups -OCH3 is 1. The van der Waals surface area contributed by atoms with Crippen LogP contribution in [0.25, 0.3) is 6.08 Å². The maximum absolute atomic E-state index is 12.7. The van der Waals surface area contributed by atoms with Crippen LogP contribution in [0.1, 0.15) is 28.0 Å². The van der Waals surface area contributed by atoms with Crippen molar-refractivity contribution in [3.05, 3.63) is 83.7 Å². The SMILES string of the molecule is COc1ccccc1N1CCN(c2ncc3c(n2)C[C@@H](/C=C/c2ccccc2)CC3=O)CC1. The molecular formula is C27H28N4O2. The molecule has 168 valence electrons. The van der Waals surface area contributed by atoms with Crippen molar-refractivity contribution in [2.24, 2.45) is 5.92 Å². The highest BCUT2D eigenvalue weighted by Crippen LogP contribution is 2.30. The van der Waals surface area contributed by atoms with Crippen molar-refractivity contribution in [3.8, 4) is 5.75 Å². The fraction of sp³-hybridized carbons (Fsp3) is 0.296. The van der Waals surface area contributed by atoms with E-state index in [0.717, 1.165) is 55.3 Å². The van der Waals surface area contributed by atoms with E-state index in [2.05, 4.69) is 45.1 Å². The number of aromatic nitrogens is 2. The Kier molecular flexibility index (Phi) is 6.07. The molecule has 33 heavy (non-hydrogen) atoms. The van der Waals surface area contributed by atoms with Gasteiger partial charge in [-0.1, -0.05) is 54.6 Å². The third kappa shape index (κ3) is 4.60. The smallest absolute Gasteiger partial charge is 0.225 e. The zero-order valence-electron chi connectivity index (χ0n) is 18.9. The number of ether oxygens (including phenoxy) is 1. The van der Waals surface area contributed by atoms with Crippen molar-refractivity contribution in [3.63, 3.8) is 0 Å². The summed E-state index contributed by atoms with van der Waals surface area (Å²) >= 11 is 0. The van der Waals surface area contributed by atoms with Gasteiger partial charge in [-0.3, -0.25) is 4.79 Å². The standard InChI is InChI=1S/C27H28N4O2/c1-33-26-10-6-5-9-24(26)30-13-15-31(16-14-30)27-28-19-22-23(29-27)17-21(18-25(22)32)12-11-20-7-3-2-4-8-20/h2-12,19,21H,13-18H2,1H3/b12-11+/t21-/m1/s1. The molecule has 5 rings (SSSR count). The van der Waals surface area contributed by atoms with Gasteiger partial charge in [0, 0.05) is 38.8 Å². The first-order chi connectivity index (χ1) is 16.2. The van der Waals surface area contributed by atoms with E-state index in [1.54, 1.807) is 13.3 Å². The number of carbonyl (C=O) groups is 1. The minimum Gasteiger partial charge on any atom is -0.495 e. The first-order valence-corrected chi connectivity index (χ1v) is 11.5. The van der Waals surface area contributed by atoms with E-state index in [9.17, 15) is 4.79 Å². The monoisotopic (exact) mass is 440 g/mol. The fourth-order valence-electron chi connectivity index (χ4n) is 4.60. The van der Waals surface area contributed by atoms with Crippen LogP contribution >= 0.6 is 0 Å². The van der Waals surface area contributed by atoms with Gasteiger partial charge in [-0.2, -0.15) is 0 Å². The predicted octanol–water partition coefficient (Wildman–Crippen LogP) is 4.27. The zero-order valence-corrected chi connectivity index (χ0v) is 18.9. The number of fused-ring (bicyclic) bond motifs is 1. The largest absolute Gasteiger partial charge is 0.495 e. The van der Waals surface area contributed by atoms with E-state index in [4.69, 9.17) is 9.72 Å². The maximum atomic E-state index is 12.7. The lowest BCUT2D eigenvalue weighted by Gasteiger charge is -2.36. The van der Waals surface area contributed by atoms with Gasteiger partial charge in [-0.25, -0.2) is 9.97 Å². The van der Waals surface area contributed by atoms with Crippen molar-refractivity contribution in [1.29, 1.82) is 0 Å². The van der Waals surface area contributed by atoms with Crippen LogP contribution in [0.3, 0.4) is 0 Å². The molecule has 0 radical (unpaired) electrons. The second-order valence-corrected chi connectivity index (χ2v) is 8.54. The Balaban J connectivity index is 1.28. The molecule has 0 saturated carbocycles. The van der Waals surface area contributed by atoms with Gasteiger partial charge in [-0.15, -0.1) is 0 Å². The molecule has 2 aromatic carbocycles. The Morgan fingerprint density at radius 3 is 2.45 bits per heavy atom. The summed E-state index contributed by atoms with van der Waals surface area (Å²) in [5, 5.41) is 0. The fourth-order valence-corrected chi connectivity index (χ4v) is 4.60. The number of allylic oxidation sites excluding steroid dienone is 1. The summed E-state index contributed by atoms with van der Waals surface area (Å²) < 4.78 is 5.52. The van der Waals surface area contributed by atoms with Gasteiger partial charge in [0.25, 0.3) is 0 Å². The highest BCUT2D eigenvalue weighted by molar-refractivity contribution is 5.98. The van der Waals surface area contributed by atoms with Gasteiger partial charge >= 0.3 is 0 Å². The number of rotatable bonds is 5. The normalized spacial score (nSPS) is 18.5. The van der Waals surface area contributed by atoms with Crippen LogP contribution in [0.15, 0.2) is 66.9 Å². The summed E-state index contributed by atoms with van der Waals surface area (Å²) in [4.78, 5) is 26.6. The van der Waals surface area contributed by atoms with E-state index < -0.39 is 0 Å². The molecule has 1 aliphatic carbocycles. The number of para-hydroxylation sites is 2. The number of anilines is 2. The van der Waals surface area contributed by atoms with Crippen LogP contribution in [0.5, 0.6) is 5.75 Å². The zero-order chi connectivity index (χ0) is 22.6. The van der Waals surface area contributed by atoms with Crippen LogP contribution in [-0.2, 0) is 6.42 Å². The van der Waals surface area contributed by atoms with Gasteiger partial charge in [0.15, 0.2) is 5.78 Å². The van der Waals surface area contributed by atoms with E-state index >= 15 is 0 Å². The average molecular weight is 441 g/mol. The third-order valence-electron chi connectivity index (χ3n) is 6.41. The van der Waals surface area contributed by atoms with Crippen molar-refractivity contribution in [1.82, 2.24) is 9.97 Å².